The van der Waals surface area contributed by atoms with Crippen molar-refractivity contribution in [3.8, 4) is 5.75 Å². The van der Waals surface area contributed by atoms with E-state index in [-0.39, 0.29) is 5.75 Å². The Morgan fingerprint density at radius 3 is 2.73 bits per heavy atom. The first kappa shape index (κ1) is 12.2. The van der Waals surface area contributed by atoms with Gasteiger partial charge in [-0.25, -0.2) is 0 Å². The summed E-state index contributed by atoms with van der Waals surface area (Å²) in [5.41, 5.74) is 1.77. The van der Waals surface area contributed by atoms with E-state index in [0.29, 0.717) is 5.88 Å². The van der Waals surface area contributed by atoms with Gasteiger partial charge in [-0.15, -0.1) is 11.6 Å². The fourth-order valence-corrected chi connectivity index (χ4v) is 1.55. The molecule has 0 spiro atoms. The van der Waals surface area contributed by atoms with E-state index in [1.54, 1.807) is 19.1 Å². The molecule has 0 aliphatic rings. The van der Waals surface area contributed by atoms with E-state index in [4.69, 9.17) is 11.6 Å². The van der Waals surface area contributed by atoms with E-state index >= 15 is 0 Å². The Bertz CT molecular complexity index is 315. The van der Waals surface area contributed by atoms with Crippen molar-refractivity contribution in [3.05, 3.63) is 29.3 Å². The van der Waals surface area contributed by atoms with Gasteiger partial charge in [0.1, 0.15) is 5.75 Å². The van der Waals surface area contributed by atoms with Gasteiger partial charge >= 0.3 is 6.61 Å². The number of hydrogen-bond acceptors (Lipinski definition) is 1. The van der Waals surface area contributed by atoms with Crippen molar-refractivity contribution in [2.24, 2.45) is 0 Å². The van der Waals surface area contributed by atoms with Gasteiger partial charge in [-0.05, 0) is 37.0 Å². The van der Waals surface area contributed by atoms with Gasteiger partial charge in [-0.2, -0.15) is 8.78 Å². The highest BCUT2D eigenvalue weighted by Crippen LogP contribution is 2.24. The molecule has 84 valence electrons. The fraction of sp³-hybridized carbons (Fsp3) is 0.455. The van der Waals surface area contributed by atoms with Crippen LogP contribution in [-0.2, 0) is 6.42 Å². The average Bonchev–Trinajstić information content (AvgIpc) is 2.19. The smallest absolute Gasteiger partial charge is 0.387 e. The largest absolute Gasteiger partial charge is 0.435 e. The summed E-state index contributed by atoms with van der Waals surface area (Å²) in [6.07, 6.45) is 1.62. The van der Waals surface area contributed by atoms with Crippen molar-refractivity contribution < 1.29 is 13.5 Å². The predicted octanol–water partition coefficient (Wildman–Crippen LogP) is 3.77. The summed E-state index contributed by atoms with van der Waals surface area (Å²) in [4.78, 5) is 0. The lowest BCUT2D eigenvalue weighted by Crippen LogP contribution is -2.04. The maximum atomic E-state index is 12.0. The van der Waals surface area contributed by atoms with Crippen molar-refractivity contribution in [1.82, 2.24) is 0 Å². The summed E-state index contributed by atoms with van der Waals surface area (Å²) in [5, 5.41) is 0. The van der Waals surface area contributed by atoms with Gasteiger partial charge in [0.25, 0.3) is 0 Å². The van der Waals surface area contributed by atoms with Crippen LogP contribution >= 0.6 is 11.6 Å². The van der Waals surface area contributed by atoms with E-state index < -0.39 is 6.61 Å². The molecule has 15 heavy (non-hydrogen) atoms. The van der Waals surface area contributed by atoms with Gasteiger partial charge in [-0.1, -0.05) is 12.1 Å². The van der Waals surface area contributed by atoms with Gasteiger partial charge in [0.15, 0.2) is 0 Å². The number of aryl methyl sites for hydroxylation is 1. The lowest BCUT2D eigenvalue weighted by atomic mass is 10.0. The predicted molar refractivity (Wildman–Crippen MR) is 56.9 cm³/mol. The van der Waals surface area contributed by atoms with Crippen LogP contribution in [0.3, 0.4) is 0 Å². The highest BCUT2D eigenvalue weighted by Gasteiger charge is 2.09. The maximum Gasteiger partial charge on any atom is 0.387 e. The molecule has 4 heteroatoms. The summed E-state index contributed by atoms with van der Waals surface area (Å²) in [6.45, 7) is -0.992. The molecule has 0 amide bonds. The summed E-state index contributed by atoms with van der Waals surface area (Å²) in [5.74, 6) is 0.816. The molecule has 0 bridgehead atoms. The van der Waals surface area contributed by atoms with Gasteiger partial charge < -0.3 is 4.74 Å². The SMILES string of the molecule is Cc1c(CCCCl)cccc1OC(F)F. The molecular weight excluding hydrogens is 222 g/mol. The topological polar surface area (TPSA) is 9.23 Å². The van der Waals surface area contributed by atoms with E-state index in [1.807, 2.05) is 6.07 Å². The summed E-state index contributed by atoms with van der Waals surface area (Å²) < 4.78 is 28.5. The minimum absolute atomic E-state index is 0.247. The number of ether oxygens (including phenoxy) is 1. The Kier molecular flexibility index (Phi) is 4.82. The molecule has 0 fully saturated rings. The monoisotopic (exact) mass is 234 g/mol. The number of hydrogen-bond donors (Lipinski definition) is 0. The molecule has 0 saturated heterocycles. The van der Waals surface area contributed by atoms with Crippen LogP contribution in [0.1, 0.15) is 17.5 Å². The lowest BCUT2D eigenvalue weighted by molar-refractivity contribution is -0.0503. The lowest BCUT2D eigenvalue weighted by Gasteiger charge is -2.11. The molecule has 0 aromatic heterocycles. The molecular formula is C11H13ClF2O. The molecule has 1 nitrogen and oxygen atoms in total. The van der Waals surface area contributed by atoms with Crippen LogP contribution in [0.15, 0.2) is 18.2 Å². The Hall–Kier alpha value is -0.830. The van der Waals surface area contributed by atoms with Crippen molar-refractivity contribution in [2.45, 2.75) is 26.4 Å². The highest BCUT2D eigenvalue weighted by molar-refractivity contribution is 6.17. The number of alkyl halides is 3. The molecule has 1 aromatic rings. The molecule has 0 atom stereocenters. The number of halogens is 3. The van der Waals surface area contributed by atoms with Crippen LogP contribution in [-0.4, -0.2) is 12.5 Å². The fourth-order valence-electron chi connectivity index (χ4n) is 1.41. The summed E-state index contributed by atoms with van der Waals surface area (Å²) in [6, 6.07) is 5.17. The van der Waals surface area contributed by atoms with Gasteiger partial charge in [-0.3, -0.25) is 0 Å². The first-order chi connectivity index (χ1) is 7.15. The molecule has 1 aromatic carbocycles. The van der Waals surface area contributed by atoms with Crippen LogP contribution in [0.5, 0.6) is 5.75 Å². The number of benzene rings is 1. The molecule has 0 saturated carbocycles. The number of rotatable bonds is 5. The van der Waals surface area contributed by atoms with Crippen molar-refractivity contribution in [1.29, 1.82) is 0 Å². The molecule has 0 radical (unpaired) electrons. The quantitative estimate of drug-likeness (QED) is 0.705. The third-order valence-electron chi connectivity index (χ3n) is 2.19. The van der Waals surface area contributed by atoms with Gasteiger partial charge in [0.05, 0.1) is 0 Å². The summed E-state index contributed by atoms with van der Waals surface area (Å²) in [7, 11) is 0. The van der Waals surface area contributed by atoms with E-state index in [1.165, 1.54) is 0 Å². The van der Waals surface area contributed by atoms with Gasteiger partial charge in [0.2, 0.25) is 0 Å². The minimum atomic E-state index is -2.77. The maximum absolute atomic E-state index is 12.0. The first-order valence-electron chi connectivity index (χ1n) is 4.74. The zero-order chi connectivity index (χ0) is 11.3. The van der Waals surface area contributed by atoms with Crippen molar-refractivity contribution >= 4 is 11.6 Å². The highest BCUT2D eigenvalue weighted by atomic mass is 35.5. The second-order valence-corrected chi connectivity index (χ2v) is 3.59. The first-order valence-corrected chi connectivity index (χ1v) is 5.28. The second kappa shape index (κ2) is 5.91. The van der Waals surface area contributed by atoms with Crippen LogP contribution in [0.25, 0.3) is 0 Å². The van der Waals surface area contributed by atoms with Crippen LogP contribution in [0, 0.1) is 6.92 Å². The Balaban J connectivity index is 2.80. The third kappa shape index (κ3) is 3.67. The van der Waals surface area contributed by atoms with Crippen molar-refractivity contribution in [3.63, 3.8) is 0 Å². The van der Waals surface area contributed by atoms with Gasteiger partial charge in [0, 0.05) is 5.88 Å². The van der Waals surface area contributed by atoms with Crippen LogP contribution in [0.2, 0.25) is 0 Å². The molecule has 0 heterocycles. The molecule has 0 N–H and O–H groups in total. The second-order valence-electron chi connectivity index (χ2n) is 3.21. The van der Waals surface area contributed by atoms with Crippen LogP contribution in [0.4, 0.5) is 8.78 Å². The minimum Gasteiger partial charge on any atom is -0.435 e. The molecule has 0 aliphatic carbocycles. The van der Waals surface area contributed by atoms with E-state index in [0.717, 1.165) is 24.0 Å². The molecule has 0 unspecified atom stereocenters. The molecule has 1 rings (SSSR count). The standard InChI is InChI=1S/C11H13ClF2O/c1-8-9(5-3-7-12)4-2-6-10(8)15-11(13)14/h2,4,6,11H,3,5,7H2,1H3. The van der Waals surface area contributed by atoms with Crippen molar-refractivity contribution in [2.75, 3.05) is 5.88 Å². The average molecular weight is 235 g/mol. The Labute approximate surface area is 93.0 Å². The molecule has 0 aliphatic heterocycles. The van der Waals surface area contributed by atoms with E-state index in [2.05, 4.69) is 4.74 Å². The van der Waals surface area contributed by atoms with E-state index in [9.17, 15) is 8.78 Å². The zero-order valence-electron chi connectivity index (χ0n) is 8.47. The normalized spacial score (nSPS) is 10.7. The summed E-state index contributed by atoms with van der Waals surface area (Å²) >= 11 is 5.58. The van der Waals surface area contributed by atoms with Crippen LogP contribution < -0.4 is 4.74 Å². The Morgan fingerprint density at radius 1 is 1.40 bits per heavy atom. The zero-order valence-corrected chi connectivity index (χ0v) is 9.23. The third-order valence-corrected chi connectivity index (χ3v) is 2.46. The Morgan fingerprint density at radius 2 is 2.13 bits per heavy atom.